The molecule has 0 bridgehead atoms. The van der Waals surface area contributed by atoms with Gasteiger partial charge in [0.1, 0.15) is 0 Å². The van der Waals surface area contributed by atoms with E-state index in [1.165, 1.54) is 11.3 Å². The van der Waals surface area contributed by atoms with Crippen LogP contribution in [-0.2, 0) is 4.79 Å². The van der Waals surface area contributed by atoms with Gasteiger partial charge in [-0.3, -0.25) is 10.1 Å². The van der Waals surface area contributed by atoms with E-state index in [2.05, 4.69) is 15.6 Å². The van der Waals surface area contributed by atoms with Crippen LogP contribution in [-0.4, -0.2) is 28.1 Å². The highest BCUT2D eigenvalue weighted by atomic mass is 32.1. The van der Waals surface area contributed by atoms with E-state index in [9.17, 15) is 9.59 Å². The Labute approximate surface area is 115 Å². The molecule has 2 rings (SSSR count). The van der Waals surface area contributed by atoms with Crippen LogP contribution in [0.1, 0.15) is 29.8 Å². The van der Waals surface area contributed by atoms with Gasteiger partial charge in [-0.25, -0.2) is 9.78 Å². The third-order valence-electron chi connectivity index (χ3n) is 3.37. The zero-order chi connectivity index (χ0) is 14.0. The third-order valence-corrected chi connectivity index (χ3v) is 4.35. The highest BCUT2D eigenvalue weighted by Gasteiger charge is 2.30. The second-order valence-corrected chi connectivity index (χ2v) is 6.01. The number of nitrogens with zero attached hydrogens (tertiary/aromatic N) is 1. The van der Waals surface area contributed by atoms with Gasteiger partial charge in [-0.15, -0.1) is 11.3 Å². The maximum atomic E-state index is 11.8. The number of urea groups is 1. The number of amides is 2. The summed E-state index contributed by atoms with van der Waals surface area (Å²) in [5, 5.41) is 14.9. The van der Waals surface area contributed by atoms with E-state index in [0.717, 1.165) is 10.6 Å². The molecule has 19 heavy (non-hydrogen) atoms. The summed E-state index contributed by atoms with van der Waals surface area (Å²) in [5.74, 6) is -1.12. The lowest BCUT2D eigenvalue weighted by Gasteiger charge is -2.12. The molecule has 1 aromatic rings. The lowest BCUT2D eigenvalue weighted by Crippen LogP contribution is -2.36. The number of carboxylic acids is 1. The fraction of sp³-hybridized carbons (Fsp3) is 0.583. The van der Waals surface area contributed by atoms with Gasteiger partial charge >= 0.3 is 12.0 Å². The summed E-state index contributed by atoms with van der Waals surface area (Å²) < 4.78 is 0. The summed E-state index contributed by atoms with van der Waals surface area (Å²) in [6, 6.07) is -0.381. The van der Waals surface area contributed by atoms with E-state index in [-0.39, 0.29) is 18.0 Å². The zero-order valence-corrected chi connectivity index (χ0v) is 11.7. The Bertz CT molecular complexity index is 481. The molecule has 0 saturated heterocycles. The monoisotopic (exact) mass is 283 g/mol. The molecule has 0 aliphatic heterocycles. The van der Waals surface area contributed by atoms with E-state index in [1.807, 2.05) is 13.8 Å². The van der Waals surface area contributed by atoms with Gasteiger partial charge < -0.3 is 10.4 Å². The van der Waals surface area contributed by atoms with Crippen molar-refractivity contribution in [3.8, 4) is 0 Å². The molecule has 0 spiro atoms. The summed E-state index contributed by atoms with van der Waals surface area (Å²) in [4.78, 5) is 27.9. The molecule has 1 aliphatic carbocycles. The van der Waals surface area contributed by atoms with Crippen LogP contribution in [0.3, 0.4) is 0 Å². The minimum Gasteiger partial charge on any atom is -0.481 e. The van der Waals surface area contributed by atoms with Crippen molar-refractivity contribution in [3.63, 3.8) is 0 Å². The number of carbonyl (C=O) groups is 2. The van der Waals surface area contributed by atoms with Crippen molar-refractivity contribution in [3.05, 3.63) is 10.6 Å². The normalized spacial score (nSPS) is 22.2. The first kappa shape index (κ1) is 13.8. The molecule has 1 aromatic heterocycles. The molecule has 2 atom stereocenters. The minimum absolute atomic E-state index is 0.0664. The Hall–Kier alpha value is -1.63. The molecular weight excluding hydrogens is 266 g/mol. The Balaban J connectivity index is 1.84. The third kappa shape index (κ3) is 3.44. The molecule has 1 heterocycles. The number of hydrogen-bond donors (Lipinski definition) is 3. The Morgan fingerprint density at radius 3 is 2.63 bits per heavy atom. The van der Waals surface area contributed by atoms with E-state index in [4.69, 9.17) is 5.11 Å². The molecule has 7 heteroatoms. The highest BCUT2D eigenvalue weighted by molar-refractivity contribution is 7.15. The Morgan fingerprint density at radius 2 is 2.11 bits per heavy atom. The van der Waals surface area contributed by atoms with E-state index in [0.29, 0.717) is 24.4 Å². The van der Waals surface area contributed by atoms with Crippen LogP contribution >= 0.6 is 11.3 Å². The van der Waals surface area contributed by atoms with Gasteiger partial charge in [-0.2, -0.15) is 0 Å². The van der Waals surface area contributed by atoms with Crippen LogP contribution in [0.15, 0.2) is 0 Å². The SMILES string of the molecule is Cc1nc(NC(=O)N[C@H]2CC[C@@H](C(=O)O)C2)sc1C. The van der Waals surface area contributed by atoms with Gasteiger partial charge in [0.25, 0.3) is 0 Å². The topological polar surface area (TPSA) is 91.3 Å². The first-order valence-electron chi connectivity index (χ1n) is 6.20. The van der Waals surface area contributed by atoms with Crippen molar-refractivity contribution >= 4 is 28.5 Å². The van der Waals surface area contributed by atoms with Crippen LogP contribution < -0.4 is 10.6 Å². The predicted octanol–water partition coefficient (Wildman–Crippen LogP) is 2.13. The van der Waals surface area contributed by atoms with Gasteiger partial charge in [0, 0.05) is 10.9 Å². The standard InChI is InChI=1S/C12H17N3O3S/c1-6-7(2)19-12(13-6)15-11(18)14-9-4-3-8(5-9)10(16)17/h8-9H,3-5H2,1-2H3,(H,16,17)(H2,13,14,15,18)/t8-,9+/m1/s1. The van der Waals surface area contributed by atoms with Gasteiger partial charge in [0.15, 0.2) is 5.13 Å². The first-order chi connectivity index (χ1) is 8.95. The quantitative estimate of drug-likeness (QED) is 0.792. The van der Waals surface area contributed by atoms with Gasteiger partial charge in [-0.1, -0.05) is 0 Å². The van der Waals surface area contributed by atoms with Crippen molar-refractivity contribution in [2.24, 2.45) is 5.92 Å². The van der Waals surface area contributed by atoms with Crippen molar-refractivity contribution in [2.75, 3.05) is 5.32 Å². The number of thiazole rings is 1. The number of carbonyl (C=O) groups excluding carboxylic acids is 1. The molecule has 104 valence electrons. The molecule has 1 fully saturated rings. The van der Waals surface area contributed by atoms with Crippen molar-refractivity contribution < 1.29 is 14.7 Å². The predicted molar refractivity (Wildman–Crippen MR) is 72.5 cm³/mol. The van der Waals surface area contributed by atoms with Crippen LogP contribution in [0, 0.1) is 19.8 Å². The number of nitrogens with one attached hydrogen (secondary N) is 2. The Kier molecular flexibility index (Phi) is 4.04. The van der Waals surface area contributed by atoms with E-state index >= 15 is 0 Å². The molecule has 0 aromatic carbocycles. The molecule has 6 nitrogen and oxygen atoms in total. The summed E-state index contributed by atoms with van der Waals surface area (Å²) in [7, 11) is 0. The van der Waals surface area contributed by atoms with E-state index in [1.54, 1.807) is 0 Å². The first-order valence-corrected chi connectivity index (χ1v) is 7.01. The summed E-state index contributed by atoms with van der Waals surface area (Å²) in [6.45, 7) is 3.84. The summed E-state index contributed by atoms with van der Waals surface area (Å²) >= 11 is 1.43. The maximum Gasteiger partial charge on any atom is 0.321 e. The van der Waals surface area contributed by atoms with Crippen LogP contribution in [0.5, 0.6) is 0 Å². The number of carboxylic acid groups (broad SMARTS) is 1. The summed E-state index contributed by atoms with van der Waals surface area (Å²) in [5.41, 5.74) is 0.909. The molecule has 2 amide bonds. The highest BCUT2D eigenvalue weighted by Crippen LogP contribution is 2.26. The largest absolute Gasteiger partial charge is 0.481 e. The molecule has 1 saturated carbocycles. The second-order valence-electron chi connectivity index (χ2n) is 4.80. The Morgan fingerprint density at radius 1 is 1.37 bits per heavy atom. The van der Waals surface area contributed by atoms with Crippen LogP contribution in [0.4, 0.5) is 9.93 Å². The number of hydrogen-bond acceptors (Lipinski definition) is 4. The summed E-state index contributed by atoms with van der Waals surface area (Å²) in [6.07, 6.45) is 1.83. The van der Waals surface area contributed by atoms with Crippen molar-refractivity contribution in [2.45, 2.75) is 39.2 Å². The minimum atomic E-state index is -0.782. The molecule has 0 radical (unpaired) electrons. The van der Waals surface area contributed by atoms with Gasteiger partial charge in [-0.05, 0) is 33.1 Å². The van der Waals surface area contributed by atoms with Crippen LogP contribution in [0.2, 0.25) is 0 Å². The number of aryl methyl sites for hydroxylation is 2. The number of aromatic nitrogens is 1. The average Bonchev–Trinajstić information content (AvgIpc) is 2.87. The molecular formula is C12H17N3O3S. The number of aliphatic carboxylic acids is 1. The second kappa shape index (κ2) is 5.56. The fourth-order valence-corrected chi connectivity index (χ4v) is 2.99. The zero-order valence-electron chi connectivity index (χ0n) is 10.9. The van der Waals surface area contributed by atoms with Gasteiger partial charge in [0.05, 0.1) is 11.6 Å². The molecule has 1 aliphatic rings. The van der Waals surface area contributed by atoms with Crippen molar-refractivity contribution in [1.29, 1.82) is 0 Å². The molecule has 3 N–H and O–H groups in total. The average molecular weight is 283 g/mol. The fourth-order valence-electron chi connectivity index (χ4n) is 2.18. The number of rotatable bonds is 3. The maximum absolute atomic E-state index is 11.8. The van der Waals surface area contributed by atoms with E-state index < -0.39 is 5.97 Å². The number of anilines is 1. The van der Waals surface area contributed by atoms with Gasteiger partial charge in [0.2, 0.25) is 0 Å². The molecule has 0 unspecified atom stereocenters. The smallest absolute Gasteiger partial charge is 0.321 e. The lowest BCUT2D eigenvalue weighted by molar-refractivity contribution is -0.141. The van der Waals surface area contributed by atoms with Crippen molar-refractivity contribution in [1.82, 2.24) is 10.3 Å². The van der Waals surface area contributed by atoms with Crippen LogP contribution in [0.25, 0.3) is 0 Å². The lowest BCUT2D eigenvalue weighted by atomic mass is 10.1.